The number of aromatic nitrogens is 6. The molecule has 0 atom stereocenters. The Morgan fingerprint density at radius 3 is 2.79 bits per heavy atom. The summed E-state index contributed by atoms with van der Waals surface area (Å²) >= 11 is 2.59. The quantitative estimate of drug-likeness (QED) is 0.652. The number of aromatic amines is 1. The Bertz CT molecular complexity index is 959. The smallest absolute Gasteiger partial charge is 0.255 e. The van der Waals surface area contributed by atoms with Gasteiger partial charge in [0.2, 0.25) is 16.8 Å². The molecule has 0 radical (unpaired) electrons. The molecule has 0 saturated carbocycles. The van der Waals surface area contributed by atoms with Crippen LogP contribution in [0.1, 0.15) is 23.2 Å². The number of hydrogen-bond donors (Lipinski definition) is 2. The molecule has 0 spiro atoms. The summed E-state index contributed by atoms with van der Waals surface area (Å²) in [5, 5.41) is 20.5. The van der Waals surface area contributed by atoms with Crippen LogP contribution in [-0.4, -0.2) is 41.4 Å². The Morgan fingerprint density at radius 1 is 1.29 bits per heavy atom. The van der Waals surface area contributed by atoms with Crippen LogP contribution in [0.15, 0.2) is 9.95 Å². The number of rotatable bonds is 5. The van der Waals surface area contributed by atoms with Crippen LogP contribution in [0.4, 0.5) is 5.13 Å². The van der Waals surface area contributed by atoms with Crippen LogP contribution < -0.4 is 10.9 Å². The molecule has 1 amide bonds. The molecule has 3 aromatic rings. The van der Waals surface area contributed by atoms with Gasteiger partial charge >= 0.3 is 0 Å². The number of fused-ring (bicyclic) bond motifs is 1. The lowest BCUT2D eigenvalue weighted by Gasteiger charge is -2.05. The van der Waals surface area contributed by atoms with Crippen molar-refractivity contribution in [2.24, 2.45) is 0 Å². The van der Waals surface area contributed by atoms with Crippen LogP contribution >= 0.6 is 23.1 Å². The van der Waals surface area contributed by atoms with E-state index in [1.165, 1.54) is 23.1 Å². The maximum atomic E-state index is 12.0. The SMILES string of the molecule is CCc1nnc(NC(=O)CSc2nnc3[nH]c(=O)c(C)c(C)n23)s1. The second kappa shape index (κ2) is 6.69. The monoisotopic (exact) mass is 365 g/mol. The maximum absolute atomic E-state index is 12.0. The van der Waals surface area contributed by atoms with E-state index in [0.29, 0.717) is 21.6 Å². The van der Waals surface area contributed by atoms with Gasteiger partial charge in [-0.25, -0.2) is 0 Å². The lowest BCUT2D eigenvalue weighted by Crippen LogP contribution is -2.16. The van der Waals surface area contributed by atoms with Crippen LogP contribution in [0.5, 0.6) is 0 Å². The summed E-state index contributed by atoms with van der Waals surface area (Å²) in [5.74, 6) is 0.316. The van der Waals surface area contributed by atoms with Crippen molar-refractivity contribution < 1.29 is 4.79 Å². The standard InChI is InChI=1S/C13H15N7O2S2/c1-4-9-16-18-12(24-9)14-8(21)5-23-13-19-17-11-15-10(22)6(2)7(3)20(11)13/h4-5H2,1-3H3,(H,14,18,21)(H,15,17,22). The Kier molecular flexibility index (Phi) is 4.62. The highest BCUT2D eigenvalue weighted by Crippen LogP contribution is 2.20. The summed E-state index contributed by atoms with van der Waals surface area (Å²) in [5.41, 5.74) is 1.15. The van der Waals surface area contributed by atoms with E-state index >= 15 is 0 Å². The third-order valence-corrected chi connectivity index (χ3v) is 5.34. The van der Waals surface area contributed by atoms with E-state index in [-0.39, 0.29) is 17.2 Å². The van der Waals surface area contributed by atoms with Gasteiger partial charge in [0, 0.05) is 11.3 Å². The molecular weight excluding hydrogens is 350 g/mol. The van der Waals surface area contributed by atoms with Gasteiger partial charge in [0.25, 0.3) is 5.56 Å². The molecule has 2 N–H and O–H groups in total. The van der Waals surface area contributed by atoms with Crippen molar-refractivity contribution in [2.75, 3.05) is 11.1 Å². The average Bonchev–Trinajstić information content (AvgIpc) is 3.17. The number of carbonyl (C=O) groups is 1. The van der Waals surface area contributed by atoms with E-state index in [9.17, 15) is 9.59 Å². The van der Waals surface area contributed by atoms with Crippen LogP contribution in [0.2, 0.25) is 0 Å². The van der Waals surface area contributed by atoms with Crippen molar-refractivity contribution in [3.8, 4) is 0 Å². The van der Waals surface area contributed by atoms with E-state index in [0.717, 1.165) is 17.1 Å². The van der Waals surface area contributed by atoms with Gasteiger partial charge in [-0.1, -0.05) is 30.0 Å². The van der Waals surface area contributed by atoms with Crippen molar-refractivity contribution in [3.05, 3.63) is 26.6 Å². The molecule has 24 heavy (non-hydrogen) atoms. The minimum Gasteiger partial charge on any atom is -0.300 e. The van der Waals surface area contributed by atoms with Gasteiger partial charge in [-0.2, -0.15) is 0 Å². The minimum absolute atomic E-state index is 0.152. The van der Waals surface area contributed by atoms with E-state index in [2.05, 4.69) is 30.7 Å². The van der Waals surface area contributed by atoms with Gasteiger partial charge in [0.15, 0.2) is 5.16 Å². The van der Waals surface area contributed by atoms with E-state index in [4.69, 9.17) is 0 Å². The summed E-state index contributed by atoms with van der Waals surface area (Å²) in [6.07, 6.45) is 0.783. The number of H-pyrrole nitrogens is 1. The molecule has 0 aliphatic rings. The topological polar surface area (TPSA) is 118 Å². The molecule has 3 rings (SSSR count). The number of thioether (sulfide) groups is 1. The molecule has 9 nitrogen and oxygen atoms in total. The molecule has 0 aromatic carbocycles. The predicted molar refractivity (Wildman–Crippen MR) is 91.7 cm³/mol. The second-order valence-corrected chi connectivity index (χ2v) is 7.00. The van der Waals surface area contributed by atoms with Gasteiger partial charge < -0.3 is 0 Å². The molecule has 3 aromatic heterocycles. The third kappa shape index (κ3) is 3.17. The fourth-order valence-electron chi connectivity index (χ4n) is 2.01. The zero-order valence-corrected chi connectivity index (χ0v) is 14.9. The number of nitrogens with zero attached hydrogens (tertiary/aromatic N) is 5. The molecule has 0 unspecified atom stereocenters. The van der Waals surface area contributed by atoms with Gasteiger partial charge in [0.05, 0.1) is 5.75 Å². The molecule has 0 fully saturated rings. The summed E-state index contributed by atoms with van der Waals surface area (Å²) < 4.78 is 1.73. The van der Waals surface area contributed by atoms with Crippen LogP contribution in [0.3, 0.4) is 0 Å². The van der Waals surface area contributed by atoms with Crippen molar-refractivity contribution in [3.63, 3.8) is 0 Å². The van der Waals surface area contributed by atoms with Crippen LogP contribution in [0.25, 0.3) is 5.78 Å². The number of aryl methyl sites for hydroxylation is 2. The lowest BCUT2D eigenvalue weighted by molar-refractivity contribution is -0.113. The molecule has 0 aliphatic carbocycles. The average molecular weight is 365 g/mol. The Morgan fingerprint density at radius 2 is 2.08 bits per heavy atom. The number of nitrogens with one attached hydrogen (secondary N) is 2. The fraction of sp³-hybridized carbons (Fsp3) is 0.385. The first-order valence-corrected chi connectivity index (χ1v) is 8.99. The highest BCUT2D eigenvalue weighted by atomic mass is 32.2. The van der Waals surface area contributed by atoms with Crippen LogP contribution in [0, 0.1) is 13.8 Å². The lowest BCUT2D eigenvalue weighted by atomic mass is 10.3. The van der Waals surface area contributed by atoms with E-state index < -0.39 is 0 Å². The fourth-order valence-corrected chi connectivity index (χ4v) is 3.49. The number of carbonyl (C=O) groups excluding carboxylic acids is 1. The highest BCUT2D eigenvalue weighted by Gasteiger charge is 2.14. The number of amides is 1. The van der Waals surface area contributed by atoms with Gasteiger partial charge in [-0.15, -0.1) is 20.4 Å². The van der Waals surface area contributed by atoms with Gasteiger partial charge in [-0.05, 0) is 20.3 Å². The Labute approximate surface area is 144 Å². The Balaban J connectivity index is 1.72. The van der Waals surface area contributed by atoms with Crippen molar-refractivity contribution in [2.45, 2.75) is 32.3 Å². The second-order valence-electron chi connectivity index (χ2n) is 5.00. The summed E-state index contributed by atoms with van der Waals surface area (Å²) in [4.78, 5) is 26.4. The van der Waals surface area contributed by atoms with Gasteiger partial charge in [-0.3, -0.25) is 24.3 Å². The highest BCUT2D eigenvalue weighted by molar-refractivity contribution is 7.99. The first-order valence-electron chi connectivity index (χ1n) is 7.19. The van der Waals surface area contributed by atoms with E-state index in [1.807, 2.05) is 13.8 Å². The van der Waals surface area contributed by atoms with Crippen molar-refractivity contribution >= 4 is 39.9 Å². The number of hydrogen-bond acceptors (Lipinski definition) is 8. The largest absolute Gasteiger partial charge is 0.300 e. The van der Waals surface area contributed by atoms with Crippen molar-refractivity contribution in [1.82, 2.24) is 29.8 Å². The molecule has 0 aliphatic heterocycles. The van der Waals surface area contributed by atoms with Gasteiger partial charge in [0.1, 0.15) is 5.01 Å². The molecule has 3 heterocycles. The number of anilines is 1. The zero-order chi connectivity index (χ0) is 17.3. The minimum atomic E-state index is -0.200. The van der Waals surface area contributed by atoms with Crippen LogP contribution in [-0.2, 0) is 11.2 Å². The zero-order valence-electron chi connectivity index (χ0n) is 13.3. The Hall–Kier alpha value is -2.27. The van der Waals surface area contributed by atoms with E-state index in [1.54, 1.807) is 11.3 Å². The first kappa shape index (κ1) is 16.6. The normalized spacial score (nSPS) is 11.1. The summed E-state index contributed by atoms with van der Waals surface area (Å²) in [6.45, 7) is 5.53. The summed E-state index contributed by atoms with van der Waals surface area (Å²) in [7, 11) is 0. The molecule has 0 bridgehead atoms. The summed E-state index contributed by atoms with van der Waals surface area (Å²) in [6, 6.07) is 0. The maximum Gasteiger partial charge on any atom is 0.255 e. The first-order chi connectivity index (χ1) is 11.5. The molecule has 0 saturated heterocycles. The predicted octanol–water partition coefficient (Wildman–Crippen LogP) is 1.18. The molecule has 11 heteroatoms. The molecule has 126 valence electrons. The molecular formula is C13H15N7O2S2. The third-order valence-electron chi connectivity index (χ3n) is 3.43. The van der Waals surface area contributed by atoms with Crippen molar-refractivity contribution in [1.29, 1.82) is 0 Å².